The van der Waals surface area contributed by atoms with Crippen molar-refractivity contribution in [3.05, 3.63) is 46.5 Å². The molecule has 3 amide bonds. The van der Waals surface area contributed by atoms with Crippen LogP contribution in [0.2, 0.25) is 0 Å². The van der Waals surface area contributed by atoms with E-state index in [9.17, 15) is 23.2 Å². The number of carbonyl (C=O) groups excluding carboxylic acids is 3. The van der Waals surface area contributed by atoms with Crippen molar-refractivity contribution < 1.29 is 23.2 Å². The van der Waals surface area contributed by atoms with E-state index in [4.69, 9.17) is 0 Å². The van der Waals surface area contributed by atoms with Gasteiger partial charge in [0.2, 0.25) is 17.7 Å². The number of benzene rings is 1. The summed E-state index contributed by atoms with van der Waals surface area (Å²) >= 11 is 1.21. The van der Waals surface area contributed by atoms with Gasteiger partial charge in [-0.05, 0) is 37.0 Å². The Morgan fingerprint density at radius 2 is 1.88 bits per heavy atom. The first kappa shape index (κ1) is 23.8. The molecular weight excluding hydrogens is 438 g/mol. The van der Waals surface area contributed by atoms with Gasteiger partial charge >= 0.3 is 0 Å². The van der Waals surface area contributed by atoms with Gasteiger partial charge in [-0.25, -0.2) is 13.8 Å². The summed E-state index contributed by atoms with van der Waals surface area (Å²) in [6.45, 7) is 1.87. The molecule has 0 spiro atoms. The Balaban J connectivity index is 1.55. The van der Waals surface area contributed by atoms with Gasteiger partial charge in [0, 0.05) is 24.5 Å². The number of anilines is 1. The SMILES string of the molecule is CCCC(NC(=O)Cc1cc(F)cc(F)c1)C(=O)Nc1nc(CC(=O)N(C)C2CC2)cs1. The molecule has 0 aliphatic heterocycles. The average molecular weight is 465 g/mol. The minimum absolute atomic E-state index is 0.0133. The van der Waals surface area contributed by atoms with E-state index in [-0.39, 0.29) is 24.3 Å². The highest BCUT2D eigenvalue weighted by Crippen LogP contribution is 2.26. The number of nitrogens with zero attached hydrogens (tertiary/aromatic N) is 2. The van der Waals surface area contributed by atoms with Crippen LogP contribution in [0.5, 0.6) is 0 Å². The molecule has 1 unspecified atom stereocenters. The van der Waals surface area contributed by atoms with E-state index in [0.29, 0.717) is 29.7 Å². The number of halogens is 2. The molecule has 32 heavy (non-hydrogen) atoms. The third-order valence-corrected chi connectivity index (χ3v) is 5.92. The number of nitrogens with one attached hydrogen (secondary N) is 2. The number of aromatic nitrogens is 1. The summed E-state index contributed by atoms with van der Waals surface area (Å²) in [7, 11) is 1.78. The molecule has 1 aliphatic rings. The van der Waals surface area contributed by atoms with Gasteiger partial charge in [-0.2, -0.15) is 0 Å². The molecule has 0 radical (unpaired) electrons. The first-order chi connectivity index (χ1) is 15.2. The number of hydrogen-bond donors (Lipinski definition) is 2. The lowest BCUT2D eigenvalue weighted by Gasteiger charge is -2.17. The fourth-order valence-electron chi connectivity index (χ4n) is 3.28. The van der Waals surface area contributed by atoms with Crippen LogP contribution in [0.25, 0.3) is 0 Å². The zero-order chi connectivity index (χ0) is 23.3. The summed E-state index contributed by atoms with van der Waals surface area (Å²) in [4.78, 5) is 43.3. The zero-order valence-electron chi connectivity index (χ0n) is 18.0. The van der Waals surface area contributed by atoms with Crippen LogP contribution in [-0.2, 0) is 27.2 Å². The van der Waals surface area contributed by atoms with Crippen LogP contribution in [0, 0.1) is 11.6 Å². The van der Waals surface area contributed by atoms with E-state index >= 15 is 0 Å². The van der Waals surface area contributed by atoms with Crippen molar-refractivity contribution in [3.63, 3.8) is 0 Å². The van der Waals surface area contributed by atoms with Gasteiger partial charge in [0.15, 0.2) is 5.13 Å². The first-order valence-electron chi connectivity index (χ1n) is 10.5. The lowest BCUT2D eigenvalue weighted by Crippen LogP contribution is -2.44. The van der Waals surface area contributed by atoms with Crippen molar-refractivity contribution in [2.45, 2.75) is 57.5 Å². The highest BCUT2D eigenvalue weighted by Gasteiger charge is 2.29. The molecule has 172 valence electrons. The summed E-state index contributed by atoms with van der Waals surface area (Å²) < 4.78 is 26.7. The molecule has 1 heterocycles. The van der Waals surface area contributed by atoms with Gasteiger partial charge in [0.1, 0.15) is 17.7 Å². The number of likely N-dealkylation sites (N-methyl/N-ethyl adjacent to an activating group) is 1. The van der Waals surface area contributed by atoms with Gasteiger partial charge < -0.3 is 15.5 Å². The van der Waals surface area contributed by atoms with Gasteiger partial charge in [0.25, 0.3) is 0 Å². The third-order valence-electron chi connectivity index (χ3n) is 5.12. The smallest absolute Gasteiger partial charge is 0.248 e. The van der Waals surface area contributed by atoms with Crippen molar-refractivity contribution in [3.8, 4) is 0 Å². The highest BCUT2D eigenvalue weighted by atomic mass is 32.1. The molecule has 10 heteroatoms. The van der Waals surface area contributed by atoms with Crippen LogP contribution in [-0.4, -0.2) is 46.7 Å². The van der Waals surface area contributed by atoms with Gasteiger partial charge in [-0.15, -0.1) is 11.3 Å². The minimum Gasteiger partial charge on any atom is -0.344 e. The normalized spacial score (nSPS) is 14.0. The van der Waals surface area contributed by atoms with E-state index in [0.717, 1.165) is 31.0 Å². The average Bonchev–Trinajstić information content (AvgIpc) is 3.47. The summed E-state index contributed by atoms with van der Waals surface area (Å²) in [6, 6.07) is 2.39. The van der Waals surface area contributed by atoms with Crippen molar-refractivity contribution in [1.29, 1.82) is 0 Å². The van der Waals surface area contributed by atoms with E-state index in [1.54, 1.807) is 17.3 Å². The molecule has 2 N–H and O–H groups in total. The largest absolute Gasteiger partial charge is 0.344 e. The number of thiazole rings is 1. The van der Waals surface area contributed by atoms with Crippen molar-refractivity contribution in [1.82, 2.24) is 15.2 Å². The topological polar surface area (TPSA) is 91.4 Å². The maximum Gasteiger partial charge on any atom is 0.248 e. The van der Waals surface area contributed by atoms with Crippen LogP contribution in [0.4, 0.5) is 13.9 Å². The van der Waals surface area contributed by atoms with Crippen LogP contribution in [0.3, 0.4) is 0 Å². The minimum atomic E-state index is -0.819. The first-order valence-corrected chi connectivity index (χ1v) is 11.4. The molecule has 1 aromatic carbocycles. The summed E-state index contributed by atoms with van der Waals surface area (Å²) in [5, 5.41) is 7.36. The number of carbonyl (C=O) groups is 3. The Bertz CT molecular complexity index is 973. The molecule has 1 aromatic heterocycles. The fraction of sp³-hybridized carbons (Fsp3) is 0.455. The Morgan fingerprint density at radius 3 is 2.50 bits per heavy atom. The number of rotatable bonds is 10. The zero-order valence-corrected chi connectivity index (χ0v) is 18.8. The van der Waals surface area contributed by atoms with Crippen LogP contribution in [0.1, 0.15) is 43.9 Å². The van der Waals surface area contributed by atoms with E-state index in [1.165, 1.54) is 11.3 Å². The van der Waals surface area contributed by atoms with Gasteiger partial charge in [0.05, 0.1) is 18.5 Å². The number of hydrogen-bond acceptors (Lipinski definition) is 5. The van der Waals surface area contributed by atoms with E-state index in [1.807, 2.05) is 6.92 Å². The predicted octanol–water partition coefficient (Wildman–Crippen LogP) is 3.05. The molecule has 1 aliphatic carbocycles. The molecule has 1 fully saturated rings. The van der Waals surface area contributed by atoms with Gasteiger partial charge in [-0.3, -0.25) is 14.4 Å². The fourth-order valence-corrected chi connectivity index (χ4v) is 4.00. The van der Waals surface area contributed by atoms with Crippen LogP contribution in [0.15, 0.2) is 23.6 Å². The van der Waals surface area contributed by atoms with E-state index in [2.05, 4.69) is 15.6 Å². The Kier molecular flexibility index (Phi) is 7.89. The second-order valence-corrected chi connectivity index (χ2v) is 8.77. The monoisotopic (exact) mass is 464 g/mol. The lowest BCUT2D eigenvalue weighted by atomic mass is 10.1. The van der Waals surface area contributed by atoms with Gasteiger partial charge in [-0.1, -0.05) is 13.3 Å². The van der Waals surface area contributed by atoms with Crippen LogP contribution >= 0.6 is 11.3 Å². The summed E-state index contributed by atoms with van der Waals surface area (Å²) in [5.74, 6) is -2.50. The molecule has 2 aromatic rings. The maximum atomic E-state index is 13.3. The summed E-state index contributed by atoms with van der Waals surface area (Å²) in [5.41, 5.74) is 0.757. The van der Waals surface area contributed by atoms with Crippen molar-refractivity contribution in [2.24, 2.45) is 0 Å². The van der Waals surface area contributed by atoms with Crippen LogP contribution < -0.4 is 10.6 Å². The van der Waals surface area contributed by atoms with Crippen molar-refractivity contribution >= 4 is 34.2 Å². The molecular formula is C22H26F2N4O3S. The third kappa shape index (κ3) is 6.81. The predicted molar refractivity (Wildman–Crippen MR) is 117 cm³/mol. The van der Waals surface area contributed by atoms with E-state index < -0.39 is 29.5 Å². The molecule has 7 nitrogen and oxygen atoms in total. The molecule has 0 bridgehead atoms. The maximum absolute atomic E-state index is 13.3. The highest BCUT2D eigenvalue weighted by molar-refractivity contribution is 7.13. The molecule has 0 saturated heterocycles. The summed E-state index contributed by atoms with van der Waals surface area (Å²) in [6.07, 6.45) is 2.99. The molecule has 3 rings (SSSR count). The van der Waals surface area contributed by atoms with Crippen molar-refractivity contribution in [2.75, 3.05) is 12.4 Å². The molecule has 1 atom stereocenters. The molecule has 1 saturated carbocycles. The lowest BCUT2D eigenvalue weighted by molar-refractivity contribution is -0.129. The number of amides is 3. The Labute approximate surface area is 189 Å². The quantitative estimate of drug-likeness (QED) is 0.566. The Hall–Kier alpha value is -2.88. The Morgan fingerprint density at radius 1 is 1.19 bits per heavy atom. The second-order valence-electron chi connectivity index (χ2n) is 7.91. The standard InChI is InChI=1S/C22H26F2N4O3S/c1-3-4-18(26-19(29)9-13-7-14(23)10-15(24)8-13)21(31)27-22-25-16(12-32-22)11-20(30)28(2)17-5-6-17/h7-8,10,12,17-18H,3-6,9,11H2,1-2H3,(H,26,29)(H,25,27,31). The second kappa shape index (κ2) is 10.6.